The number of para-hydroxylation sites is 1. The van der Waals surface area contributed by atoms with Crippen LogP contribution in [0.15, 0.2) is 48.5 Å². The molecule has 0 radical (unpaired) electrons. The first-order chi connectivity index (χ1) is 8.70. The predicted molar refractivity (Wildman–Crippen MR) is 72.7 cm³/mol. The fraction of sp³-hybridized carbons (Fsp3) is 0.200. The van der Waals surface area contributed by atoms with E-state index in [1.165, 1.54) is 0 Å². The van der Waals surface area contributed by atoms with E-state index >= 15 is 0 Å². The van der Waals surface area contributed by atoms with Crippen molar-refractivity contribution in [3.63, 3.8) is 0 Å². The molecule has 2 rings (SSSR count). The van der Waals surface area contributed by atoms with Gasteiger partial charge in [0.1, 0.15) is 5.75 Å². The second kappa shape index (κ2) is 5.56. The zero-order chi connectivity index (χ0) is 13.0. The third kappa shape index (κ3) is 2.81. The van der Waals surface area contributed by atoms with Crippen LogP contribution in [0.1, 0.15) is 17.2 Å². The summed E-state index contributed by atoms with van der Waals surface area (Å²) in [7, 11) is 0. The zero-order valence-electron chi connectivity index (χ0n) is 10.3. The molecule has 18 heavy (non-hydrogen) atoms. The van der Waals surface area contributed by atoms with E-state index < -0.39 is 0 Å². The maximum absolute atomic E-state index is 9.48. The highest BCUT2D eigenvalue weighted by atomic mass is 16.3. The van der Waals surface area contributed by atoms with Crippen molar-refractivity contribution >= 4 is 5.69 Å². The molecule has 0 bridgehead atoms. The molecule has 3 heteroatoms. The lowest BCUT2D eigenvalue weighted by molar-refractivity contribution is 0.276. The van der Waals surface area contributed by atoms with Gasteiger partial charge in [0.2, 0.25) is 0 Å². The Morgan fingerprint density at radius 1 is 1.06 bits per heavy atom. The summed E-state index contributed by atoms with van der Waals surface area (Å²) in [6.45, 7) is 2.02. The lowest BCUT2D eigenvalue weighted by atomic mass is 10.1. The van der Waals surface area contributed by atoms with Crippen LogP contribution in [-0.4, -0.2) is 16.8 Å². The van der Waals surface area contributed by atoms with E-state index in [-0.39, 0.29) is 18.4 Å². The predicted octanol–water partition coefficient (Wildman–Crippen LogP) is 2.85. The molecule has 0 aliphatic rings. The molecule has 2 aromatic carbocycles. The van der Waals surface area contributed by atoms with Gasteiger partial charge < -0.3 is 15.5 Å². The number of aromatic hydroxyl groups is 1. The van der Waals surface area contributed by atoms with E-state index in [4.69, 9.17) is 0 Å². The summed E-state index contributed by atoms with van der Waals surface area (Å²) < 4.78 is 0. The van der Waals surface area contributed by atoms with Crippen LogP contribution in [0.2, 0.25) is 0 Å². The van der Waals surface area contributed by atoms with E-state index in [1.807, 2.05) is 43.3 Å². The molecular formula is C15H17NO2. The minimum atomic E-state index is -0.174. The van der Waals surface area contributed by atoms with Crippen molar-refractivity contribution in [2.24, 2.45) is 0 Å². The third-order valence-electron chi connectivity index (χ3n) is 2.95. The van der Waals surface area contributed by atoms with Gasteiger partial charge >= 0.3 is 0 Å². The van der Waals surface area contributed by atoms with Crippen LogP contribution in [0.25, 0.3) is 0 Å². The van der Waals surface area contributed by atoms with Gasteiger partial charge in [-0.2, -0.15) is 0 Å². The summed E-state index contributed by atoms with van der Waals surface area (Å²) in [5, 5.41) is 22.0. The van der Waals surface area contributed by atoms with Gasteiger partial charge in [0, 0.05) is 5.69 Å². The number of hydrogen-bond donors (Lipinski definition) is 3. The van der Waals surface area contributed by atoms with Gasteiger partial charge in [0.15, 0.2) is 0 Å². The zero-order valence-corrected chi connectivity index (χ0v) is 10.3. The Kier molecular flexibility index (Phi) is 3.85. The van der Waals surface area contributed by atoms with Crippen molar-refractivity contribution in [2.45, 2.75) is 13.0 Å². The van der Waals surface area contributed by atoms with Crippen molar-refractivity contribution in [1.82, 2.24) is 0 Å². The molecule has 1 unspecified atom stereocenters. The van der Waals surface area contributed by atoms with Crippen LogP contribution in [0, 0.1) is 6.92 Å². The van der Waals surface area contributed by atoms with Crippen LogP contribution in [0.4, 0.5) is 5.69 Å². The number of aliphatic hydroxyl groups is 1. The second-order valence-corrected chi connectivity index (χ2v) is 4.29. The highest BCUT2D eigenvalue weighted by Gasteiger charge is 2.10. The van der Waals surface area contributed by atoms with Crippen molar-refractivity contribution in [1.29, 1.82) is 0 Å². The Hall–Kier alpha value is -2.00. The summed E-state index contributed by atoms with van der Waals surface area (Å²) in [4.78, 5) is 0. The van der Waals surface area contributed by atoms with Gasteiger partial charge in [0.25, 0.3) is 0 Å². The maximum atomic E-state index is 9.48. The highest BCUT2D eigenvalue weighted by Crippen LogP contribution is 2.23. The number of hydrogen-bond acceptors (Lipinski definition) is 3. The lowest BCUT2D eigenvalue weighted by Crippen LogP contribution is -2.15. The monoisotopic (exact) mass is 243 g/mol. The van der Waals surface area contributed by atoms with Gasteiger partial charge in [-0.15, -0.1) is 0 Å². The van der Waals surface area contributed by atoms with Gasteiger partial charge in [0.05, 0.1) is 12.6 Å². The van der Waals surface area contributed by atoms with Gasteiger partial charge in [-0.1, -0.05) is 30.3 Å². The van der Waals surface area contributed by atoms with E-state index in [2.05, 4.69) is 5.32 Å². The van der Waals surface area contributed by atoms with E-state index in [0.717, 1.165) is 16.8 Å². The first-order valence-corrected chi connectivity index (χ1v) is 5.92. The minimum Gasteiger partial charge on any atom is -0.508 e. The summed E-state index contributed by atoms with van der Waals surface area (Å²) in [6.07, 6.45) is 0. The normalized spacial score (nSPS) is 12.1. The van der Waals surface area contributed by atoms with Crippen LogP contribution >= 0.6 is 0 Å². The average molecular weight is 243 g/mol. The minimum absolute atomic E-state index is 0.000883. The first kappa shape index (κ1) is 12.5. The topological polar surface area (TPSA) is 52.5 Å². The number of phenolic OH excluding ortho intramolecular Hbond substituents is 1. The lowest BCUT2D eigenvalue weighted by Gasteiger charge is -2.19. The molecule has 0 aliphatic heterocycles. The highest BCUT2D eigenvalue weighted by molar-refractivity contribution is 5.52. The van der Waals surface area contributed by atoms with Crippen molar-refractivity contribution in [3.8, 4) is 5.75 Å². The number of aryl methyl sites for hydroxylation is 1. The quantitative estimate of drug-likeness (QED) is 0.774. The van der Waals surface area contributed by atoms with Gasteiger partial charge in [-0.3, -0.25) is 0 Å². The SMILES string of the molecule is Cc1ccccc1NC(CO)c1ccc(O)cc1. The fourth-order valence-electron chi connectivity index (χ4n) is 1.86. The Bertz CT molecular complexity index is 508. The number of phenols is 1. The molecule has 0 saturated heterocycles. The van der Waals surface area contributed by atoms with Crippen molar-refractivity contribution in [3.05, 3.63) is 59.7 Å². The molecule has 1 atom stereocenters. The molecule has 0 aromatic heterocycles. The number of anilines is 1. The molecule has 3 N–H and O–H groups in total. The van der Waals surface area contributed by atoms with Crippen LogP contribution < -0.4 is 5.32 Å². The second-order valence-electron chi connectivity index (χ2n) is 4.29. The standard InChI is InChI=1S/C15H17NO2/c1-11-4-2-3-5-14(11)16-15(10-17)12-6-8-13(18)9-7-12/h2-9,15-18H,10H2,1H3. The largest absolute Gasteiger partial charge is 0.508 e. The molecule has 0 spiro atoms. The van der Waals surface area contributed by atoms with Crippen LogP contribution in [-0.2, 0) is 0 Å². The summed E-state index contributed by atoms with van der Waals surface area (Å²) >= 11 is 0. The molecule has 94 valence electrons. The number of benzene rings is 2. The summed E-state index contributed by atoms with van der Waals surface area (Å²) in [5.74, 6) is 0.228. The fourth-order valence-corrected chi connectivity index (χ4v) is 1.86. The Labute approximate surface area is 107 Å². The molecule has 2 aromatic rings. The molecule has 0 heterocycles. The molecular weight excluding hydrogens is 226 g/mol. The number of nitrogens with one attached hydrogen (secondary N) is 1. The molecule has 0 aliphatic carbocycles. The van der Waals surface area contributed by atoms with Crippen molar-refractivity contribution in [2.75, 3.05) is 11.9 Å². The van der Waals surface area contributed by atoms with Gasteiger partial charge in [-0.05, 0) is 36.2 Å². The maximum Gasteiger partial charge on any atom is 0.115 e. The first-order valence-electron chi connectivity index (χ1n) is 5.92. The third-order valence-corrected chi connectivity index (χ3v) is 2.95. The number of rotatable bonds is 4. The van der Waals surface area contributed by atoms with Crippen molar-refractivity contribution < 1.29 is 10.2 Å². The van der Waals surface area contributed by atoms with Crippen LogP contribution in [0.3, 0.4) is 0 Å². The molecule has 0 fully saturated rings. The molecule has 0 saturated carbocycles. The smallest absolute Gasteiger partial charge is 0.115 e. The Morgan fingerprint density at radius 2 is 1.72 bits per heavy atom. The summed E-state index contributed by atoms with van der Waals surface area (Å²) in [5.41, 5.74) is 3.08. The summed E-state index contributed by atoms with van der Waals surface area (Å²) in [6, 6.07) is 14.6. The molecule has 0 amide bonds. The molecule has 3 nitrogen and oxygen atoms in total. The van der Waals surface area contributed by atoms with Crippen LogP contribution in [0.5, 0.6) is 5.75 Å². The van der Waals surface area contributed by atoms with E-state index in [0.29, 0.717) is 0 Å². The Morgan fingerprint density at radius 3 is 2.33 bits per heavy atom. The van der Waals surface area contributed by atoms with E-state index in [1.54, 1.807) is 12.1 Å². The van der Waals surface area contributed by atoms with Gasteiger partial charge in [-0.25, -0.2) is 0 Å². The van der Waals surface area contributed by atoms with E-state index in [9.17, 15) is 10.2 Å². The number of aliphatic hydroxyl groups excluding tert-OH is 1. The average Bonchev–Trinajstić information content (AvgIpc) is 2.39. The Balaban J connectivity index is 2.20.